The normalized spacial score (nSPS) is 21.7. The van der Waals surface area contributed by atoms with Crippen LogP contribution in [0.4, 0.5) is 0 Å². The minimum Gasteiger partial charge on any atom is -0.366 e. The highest BCUT2D eigenvalue weighted by atomic mass is 32.2. The van der Waals surface area contributed by atoms with Crippen molar-refractivity contribution in [1.29, 1.82) is 0 Å². The average Bonchev–Trinajstić information content (AvgIpc) is 2.55. The van der Waals surface area contributed by atoms with Crippen LogP contribution < -0.4 is 15.2 Å². The maximum Gasteiger partial charge on any atom is 0.276 e. The summed E-state index contributed by atoms with van der Waals surface area (Å²) in [6, 6.07) is 5.60. The highest BCUT2D eigenvalue weighted by Gasteiger charge is 2.24. The topological polar surface area (TPSA) is 101 Å². The van der Waals surface area contributed by atoms with Gasteiger partial charge in [0.25, 0.3) is 10.2 Å². The first-order valence-electron chi connectivity index (χ1n) is 7.84. The van der Waals surface area contributed by atoms with Crippen molar-refractivity contribution >= 4 is 21.7 Å². The maximum atomic E-state index is 11.7. The molecular formula is C16H21N3O3S. The fourth-order valence-electron chi connectivity index (χ4n) is 3.16. The number of nitrogens with one attached hydrogen (secondary N) is 2. The quantitative estimate of drug-likeness (QED) is 0.775. The molecule has 0 radical (unpaired) electrons. The third kappa shape index (κ3) is 3.63. The third-order valence-electron chi connectivity index (χ3n) is 4.46. The summed E-state index contributed by atoms with van der Waals surface area (Å²) in [5.41, 5.74) is 9.11. The van der Waals surface area contributed by atoms with Crippen molar-refractivity contribution < 1.29 is 13.2 Å². The Labute approximate surface area is 136 Å². The molecule has 2 aliphatic rings. The molecule has 1 amide bonds. The molecule has 3 rings (SSSR count). The lowest BCUT2D eigenvalue weighted by Gasteiger charge is -2.25. The van der Waals surface area contributed by atoms with Crippen molar-refractivity contribution in [3.63, 3.8) is 0 Å². The lowest BCUT2D eigenvalue weighted by molar-refractivity contribution is 0.1000. The van der Waals surface area contributed by atoms with Gasteiger partial charge in [-0.25, -0.2) is 9.44 Å². The predicted octanol–water partition coefficient (Wildman–Crippen LogP) is 1.26. The van der Waals surface area contributed by atoms with Gasteiger partial charge in [0.1, 0.15) is 0 Å². The number of primary amides is 1. The SMILES string of the molecule is NC(=O)c1ccc(C2CNS(=O)(=O)NC2)cc1C1=CCCCC1. The van der Waals surface area contributed by atoms with Crippen LogP contribution in [-0.2, 0) is 10.2 Å². The van der Waals surface area contributed by atoms with Gasteiger partial charge in [-0.1, -0.05) is 18.2 Å². The predicted molar refractivity (Wildman–Crippen MR) is 89.1 cm³/mol. The van der Waals surface area contributed by atoms with E-state index in [1.165, 1.54) is 6.42 Å². The van der Waals surface area contributed by atoms with Crippen molar-refractivity contribution in [1.82, 2.24) is 9.44 Å². The minimum atomic E-state index is -3.36. The first-order valence-corrected chi connectivity index (χ1v) is 9.32. The van der Waals surface area contributed by atoms with Crippen LogP contribution in [0, 0.1) is 0 Å². The van der Waals surface area contributed by atoms with Gasteiger partial charge in [-0.15, -0.1) is 0 Å². The van der Waals surface area contributed by atoms with Gasteiger partial charge in [0.15, 0.2) is 0 Å². The number of nitrogens with two attached hydrogens (primary N) is 1. The number of allylic oxidation sites excluding steroid dienone is 2. The zero-order valence-corrected chi connectivity index (χ0v) is 13.7. The molecule has 1 aromatic carbocycles. The Bertz CT molecular complexity index is 742. The van der Waals surface area contributed by atoms with Crippen molar-refractivity contribution in [2.45, 2.75) is 31.6 Å². The number of benzene rings is 1. The van der Waals surface area contributed by atoms with E-state index in [2.05, 4.69) is 15.5 Å². The fourth-order valence-corrected chi connectivity index (χ4v) is 4.10. The summed E-state index contributed by atoms with van der Waals surface area (Å²) in [6.45, 7) is 0.702. The molecule has 4 N–H and O–H groups in total. The van der Waals surface area contributed by atoms with E-state index < -0.39 is 16.1 Å². The second-order valence-corrected chi connectivity index (χ2v) is 7.63. The molecule has 0 saturated carbocycles. The van der Waals surface area contributed by atoms with Crippen LogP contribution >= 0.6 is 0 Å². The van der Waals surface area contributed by atoms with E-state index in [0.717, 1.165) is 36.0 Å². The van der Waals surface area contributed by atoms with Crippen molar-refractivity contribution in [3.05, 3.63) is 41.0 Å². The van der Waals surface area contributed by atoms with E-state index >= 15 is 0 Å². The molecule has 124 valence electrons. The first-order chi connectivity index (χ1) is 11.0. The Morgan fingerprint density at radius 1 is 1.17 bits per heavy atom. The number of carbonyl (C=O) groups is 1. The largest absolute Gasteiger partial charge is 0.366 e. The zero-order chi connectivity index (χ0) is 16.4. The Balaban J connectivity index is 1.94. The molecule has 0 spiro atoms. The smallest absolute Gasteiger partial charge is 0.276 e. The summed E-state index contributed by atoms with van der Waals surface area (Å²) in [5, 5.41) is 0. The van der Waals surface area contributed by atoms with Gasteiger partial charge in [-0.2, -0.15) is 8.42 Å². The Morgan fingerprint density at radius 3 is 2.52 bits per heavy atom. The van der Waals surface area contributed by atoms with Gasteiger partial charge in [0.2, 0.25) is 5.91 Å². The lowest BCUT2D eigenvalue weighted by atomic mass is 9.87. The molecule has 7 heteroatoms. The van der Waals surface area contributed by atoms with Crippen molar-refractivity contribution in [2.75, 3.05) is 13.1 Å². The van der Waals surface area contributed by atoms with Crippen LogP contribution in [0.1, 0.15) is 53.1 Å². The van der Waals surface area contributed by atoms with Gasteiger partial charge in [0.05, 0.1) is 0 Å². The van der Waals surface area contributed by atoms with E-state index in [1.807, 2.05) is 12.1 Å². The molecule has 1 heterocycles. The van der Waals surface area contributed by atoms with Crippen LogP contribution in [-0.4, -0.2) is 27.4 Å². The summed E-state index contributed by atoms with van der Waals surface area (Å²) in [7, 11) is -3.36. The van der Waals surface area contributed by atoms with Crippen LogP contribution in [0.25, 0.3) is 5.57 Å². The molecule has 0 aromatic heterocycles. The molecular weight excluding hydrogens is 314 g/mol. The highest BCUT2D eigenvalue weighted by molar-refractivity contribution is 7.87. The summed E-state index contributed by atoms with van der Waals surface area (Å²) in [5.74, 6) is -0.399. The van der Waals surface area contributed by atoms with E-state index in [1.54, 1.807) is 6.07 Å². The molecule has 1 saturated heterocycles. The number of amides is 1. The molecule has 23 heavy (non-hydrogen) atoms. The zero-order valence-electron chi connectivity index (χ0n) is 12.8. The van der Waals surface area contributed by atoms with E-state index in [0.29, 0.717) is 18.7 Å². The Morgan fingerprint density at radius 2 is 1.91 bits per heavy atom. The van der Waals surface area contributed by atoms with E-state index in [9.17, 15) is 13.2 Å². The molecule has 1 aliphatic carbocycles. The molecule has 0 atom stereocenters. The number of hydrogen-bond acceptors (Lipinski definition) is 3. The van der Waals surface area contributed by atoms with Gasteiger partial charge in [-0.3, -0.25) is 4.79 Å². The summed E-state index contributed by atoms with van der Waals surface area (Å²) >= 11 is 0. The number of rotatable bonds is 3. The average molecular weight is 335 g/mol. The molecule has 6 nitrogen and oxygen atoms in total. The van der Waals surface area contributed by atoms with Crippen LogP contribution in [0.5, 0.6) is 0 Å². The van der Waals surface area contributed by atoms with Gasteiger partial charge in [0, 0.05) is 24.6 Å². The molecule has 1 aliphatic heterocycles. The second kappa shape index (κ2) is 6.43. The second-order valence-electron chi connectivity index (χ2n) is 6.04. The fraction of sp³-hybridized carbons (Fsp3) is 0.438. The van der Waals surface area contributed by atoms with Crippen molar-refractivity contribution in [3.8, 4) is 0 Å². The first kappa shape index (κ1) is 16.2. The lowest BCUT2D eigenvalue weighted by Crippen LogP contribution is -2.47. The van der Waals surface area contributed by atoms with E-state index in [4.69, 9.17) is 5.73 Å². The molecule has 0 bridgehead atoms. The third-order valence-corrected chi connectivity index (χ3v) is 5.55. The van der Waals surface area contributed by atoms with Crippen LogP contribution in [0.3, 0.4) is 0 Å². The maximum absolute atomic E-state index is 11.7. The van der Waals surface area contributed by atoms with Crippen LogP contribution in [0.2, 0.25) is 0 Å². The Kier molecular flexibility index (Phi) is 4.52. The molecule has 0 unspecified atom stereocenters. The molecule has 1 fully saturated rings. The highest BCUT2D eigenvalue weighted by Crippen LogP contribution is 2.31. The summed E-state index contributed by atoms with van der Waals surface area (Å²) in [4.78, 5) is 11.7. The number of hydrogen-bond donors (Lipinski definition) is 3. The standard InChI is InChI=1S/C16H21N3O3S/c17-16(20)14-7-6-12(13-9-18-23(21,22)19-10-13)8-15(14)11-4-2-1-3-5-11/h4,6-8,13,18-19H,1-3,5,9-10H2,(H2,17,20). The van der Waals surface area contributed by atoms with Gasteiger partial charge < -0.3 is 5.73 Å². The van der Waals surface area contributed by atoms with Gasteiger partial charge in [-0.05, 0) is 48.4 Å². The van der Waals surface area contributed by atoms with Crippen molar-refractivity contribution in [2.24, 2.45) is 5.73 Å². The summed E-state index contributed by atoms with van der Waals surface area (Å²) in [6.07, 6.45) is 6.42. The summed E-state index contributed by atoms with van der Waals surface area (Å²) < 4.78 is 27.8. The molecule has 1 aromatic rings. The number of carbonyl (C=O) groups excluding carboxylic acids is 1. The van der Waals surface area contributed by atoms with E-state index in [-0.39, 0.29) is 5.92 Å². The van der Waals surface area contributed by atoms with Crippen LogP contribution in [0.15, 0.2) is 24.3 Å². The Hall–Kier alpha value is -1.70. The van der Waals surface area contributed by atoms with Gasteiger partial charge >= 0.3 is 0 Å². The minimum absolute atomic E-state index is 0.0309. The monoisotopic (exact) mass is 335 g/mol.